The van der Waals surface area contributed by atoms with E-state index in [4.69, 9.17) is 7.85 Å². The maximum absolute atomic E-state index is 5.61. The number of hydrogen-bond donors (Lipinski definition) is 2. The molecule has 2 rings (SSSR count). The monoisotopic (exact) mass is 232 g/mol. The third-order valence-corrected chi connectivity index (χ3v) is 2.67. The largest absolute Gasteiger partial charge is 0.365 e. The molecule has 2 heterocycles. The van der Waals surface area contributed by atoms with Crippen LogP contribution < -0.4 is 16.2 Å². The van der Waals surface area contributed by atoms with Crippen molar-refractivity contribution in [3.05, 3.63) is 11.6 Å². The van der Waals surface area contributed by atoms with Gasteiger partial charge in [0.2, 0.25) is 0 Å². The smallest absolute Gasteiger partial charge is 0.149 e. The fourth-order valence-electron chi connectivity index (χ4n) is 1.75. The highest BCUT2D eigenvalue weighted by Crippen LogP contribution is 2.09. The second kappa shape index (κ2) is 7.27. The van der Waals surface area contributed by atoms with Crippen molar-refractivity contribution in [2.45, 2.75) is 39.7 Å². The van der Waals surface area contributed by atoms with Crippen LogP contribution in [-0.2, 0) is 0 Å². The first kappa shape index (κ1) is 14.0. The van der Waals surface area contributed by atoms with Crippen LogP contribution in [0.25, 0.3) is 0 Å². The summed E-state index contributed by atoms with van der Waals surface area (Å²) in [4.78, 5) is 0. The molecule has 0 aliphatic carbocycles. The number of hydrogen-bond acceptors (Lipinski definition) is 4. The predicted octanol–water partition coefficient (Wildman–Crippen LogP) is 0.769. The highest BCUT2D eigenvalue weighted by Gasteiger charge is 2.13. The van der Waals surface area contributed by atoms with Crippen molar-refractivity contribution in [1.82, 2.24) is 15.5 Å². The first-order chi connectivity index (χ1) is 8.25. The van der Waals surface area contributed by atoms with Gasteiger partial charge in [-0.3, -0.25) is 0 Å². The quantitative estimate of drug-likeness (QED) is 0.739. The van der Waals surface area contributed by atoms with Crippen LogP contribution in [0.3, 0.4) is 0 Å². The van der Waals surface area contributed by atoms with Gasteiger partial charge in [0, 0.05) is 18.2 Å². The van der Waals surface area contributed by atoms with Gasteiger partial charge in [0.25, 0.3) is 0 Å². The van der Waals surface area contributed by atoms with Gasteiger partial charge < -0.3 is 10.6 Å². The summed E-state index contributed by atoms with van der Waals surface area (Å²) in [7, 11) is 5.61. The topological polar surface area (TPSA) is 49.8 Å². The van der Waals surface area contributed by atoms with Gasteiger partial charge in [0.1, 0.15) is 13.7 Å². The van der Waals surface area contributed by atoms with Gasteiger partial charge in [0.05, 0.1) is 0 Å². The zero-order chi connectivity index (χ0) is 12.7. The van der Waals surface area contributed by atoms with E-state index in [-0.39, 0.29) is 0 Å². The summed E-state index contributed by atoms with van der Waals surface area (Å²) in [6, 6.07) is 2.40. The predicted molar refractivity (Wildman–Crippen MR) is 73.0 cm³/mol. The molecule has 1 aromatic rings. The van der Waals surface area contributed by atoms with E-state index < -0.39 is 0 Å². The zero-order valence-electron chi connectivity index (χ0n) is 11.0. The van der Waals surface area contributed by atoms with Gasteiger partial charge >= 0.3 is 0 Å². The fourth-order valence-corrected chi connectivity index (χ4v) is 1.75. The Hall–Kier alpha value is -1.10. The number of anilines is 1. The molecule has 4 nitrogen and oxygen atoms in total. The molecule has 0 bridgehead atoms. The van der Waals surface area contributed by atoms with E-state index in [1.165, 1.54) is 12.8 Å². The molecule has 2 radical (unpaired) electrons. The summed E-state index contributed by atoms with van der Waals surface area (Å²) in [5.74, 6) is 0.815. The maximum atomic E-state index is 5.61. The van der Waals surface area contributed by atoms with Gasteiger partial charge in [-0.25, -0.2) is 0 Å². The van der Waals surface area contributed by atoms with E-state index in [1.807, 2.05) is 26.8 Å². The molecule has 1 saturated heterocycles. The second-order valence-electron chi connectivity index (χ2n) is 3.99. The molecule has 1 unspecified atom stereocenters. The van der Waals surface area contributed by atoms with Crippen LogP contribution in [-0.4, -0.2) is 37.2 Å². The van der Waals surface area contributed by atoms with Crippen molar-refractivity contribution in [1.29, 1.82) is 0 Å². The molecule has 2 N–H and O–H groups in total. The van der Waals surface area contributed by atoms with E-state index in [0.717, 1.165) is 24.5 Å². The Morgan fingerprint density at radius 1 is 1.41 bits per heavy atom. The lowest BCUT2D eigenvalue weighted by Crippen LogP contribution is -2.38. The molecule has 1 aromatic heterocycles. The van der Waals surface area contributed by atoms with Crippen molar-refractivity contribution in [3.8, 4) is 0 Å². The maximum Gasteiger partial charge on any atom is 0.149 e. The molecule has 17 heavy (non-hydrogen) atoms. The average Bonchev–Trinajstić information content (AvgIpc) is 2.38. The Morgan fingerprint density at radius 3 is 2.76 bits per heavy atom. The van der Waals surface area contributed by atoms with Gasteiger partial charge in [0.15, 0.2) is 0 Å². The summed E-state index contributed by atoms with van der Waals surface area (Å²) in [5.41, 5.74) is 1.47. The molecule has 1 aliphatic heterocycles. The molecule has 0 aromatic carbocycles. The molecular weight excluding hydrogens is 211 g/mol. The first-order valence-electron chi connectivity index (χ1n) is 6.33. The van der Waals surface area contributed by atoms with E-state index >= 15 is 0 Å². The number of nitrogens with zero attached hydrogens (tertiary/aromatic N) is 2. The van der Waals surface area contributed by atoms with Crippen molar-refractivity contribution in [3.63, 3.8) is 0 Å². The van der Waals surface area contributed by atoms with Crippen molar-refractivity contribution in [2.75, 3.05) is 18.4 Å². The third kappa shape index (κ3) is 4.34. The van der Waals surface area contributed by atoms with Crippen molar-refractivity contribution >= 4 is 19.3 Å². The SMILES string of the molecule is CC.[B]c1nnc(NC2CCCNC2)cc1C. The molecule has 1 atom stereocenters. The number of piperidine rings is 1. The van der Waals surface area contributed by atoms with Crippen LogP contribution in [0.5, 0.6) is 0 Å². The summed E-state index contributed by atoms with van der Waals surface area (Å²) >= 11 is 0. The number of rotatable bonds is 2. The molecule has 92 valence electrons. The first-order valence-corrected chi connectivity index (χ1v) is 6.33. The minimum absolute atomic E-state index is 0.455. The number of aryl methyl sites for hydroxylation is 1. The van der Waals surface area contributed by atoms with Crippen molar-refractivity contribution < 1.29 is 0 Å². The molecule has 0 saturated carbocycles. The summed E-state index contributed by atoms with van der Waals surface area (Å²) < 4.78 is 0. The Bertz CT molecular complexity index is 337. The van der Waals surface area contributed by atoms with Crippen LogP contribution in [0.1, 0.15) is 32.3 Å². The Kier molecular flexibility index (Phi) is 5.98. The minimum atomic E-state index is 0.455. The van der Waals surface area contributed by atoms with Crippen LogP contribution in [0.2, 0.25) is 0 Å². The highest BCUT2D eigenvalue weighted by molar-refractivity contribution is 6.31. The zero-order valence-corrected chi connectivity index (χ0v) is 11.0. The lowest BCUT2D eigenvalue weighted by Gasteiger charge is -2.24. The van der Waals surface area contributed by atoms with Crippen LogP contribution in [0, 0.1) is 6.92 Å². The van der Waals surface area contributed by atoms with Gasteiger partial charge in [-0.15, -0.1) is 5.10 Å². The molecule has 5 heteroatoms. The Balaban J connectivity index is 0.000000686. The summed E-state index contributed by atoms with van der Waals surface area (Å²) in [6.07, 6.45) is 2.39. The van der Waals surface area contributed by atoms with Crippen LogP contribution >= 0.6 is 0 Å². The van der Waals surface area contributed by atoms with Gasteiger partial charge in [-0.2, -0.15) is 5.10 Å². The normalized spacial score (nSPS) is 19.1. The Labute approximate surface area is 105 Å². The summed E-state index contributed by atoms with van der Waals surface area (Å²) in [5, 5.41) is 14.6. The average molecular weight is 232 g/mol. The lowest BCUT2D eigenvalue weighted by molar-refractivity contribution is 0.478. The van der Waals surface area contributed by atoms with Crippen LogP contribution in [0.15, 0.2) is 6.07 Å². The van der Waals surface area contributed by atoms with Crippen LogP contribution in [0.4, 0.5) is 5.82 Å². The number of nitrogens with one attached hydrogen (secondary N) is 2. The van der Waals surface area contributed by atoms with Gasteiger partial charge in [-0.05, 0) is 37.9 Å². The van der Waals surface area contributed by atoms with Crippen molar-refractivity contribution in [2.24, 2.45) is 0 Å². The van der Waals surface area contributed by atoms with E-state index in [0.29, 0.717) is 11.6 Å². The lowest BCUT2D eigenvalue weighted by atomic mass is 9.99. The Morgan fingerprint density at radius 2 is 2.18 bits per heavy atom. The standard InChI is InChI=1S/C10H15BN4.C2H6/c1-7-5-9(14-15-10(7)11)13-8-3-2-4-12-6-8;1-2/h5,8,12H,2-4,6H2,1H3,(H,13,14);1-2H3. The number of aromatic nitrogens is 2. The van der Waals surface area contributed by atoms with Gasteiger partial charge in [-0.1, -0.05) is 13.8 Å². The third-order valence-electron chi connectivity index (χ3n) is 2.67. The molecule has 1 fully saturated rings. The molecular formula is C12H21BN4. The summed E-state index contributed by atoms with van der Waals surface area (Å²) in [6.45, 7) is 8.05. The highest BCUT2D eigenvalue weighted by atomic mass is 15.2. The van der Waals surface area contributed by atoms with E-state index in [9.17, 15) is 0 Å². The second-order valence-corrected chi connectivity index (χ2v) is 3.99. The molecule has 0 spiro atoms. The van der Waals surface area contributed by atoms with E-state index in [1.54, 1.807) is 0 Å². The van der Waals surface area contributed by atoms with E-state index in [2.05, 4.69) is 20.8 Å². The minimum Gasteiger partial charge on any atom is -0.365 e. The fraction of sp³-hybridized carbons (Fsp3) is 0.667. The molecule has 0 amide bonds. The molecule has 1 aliphatic rings.